The van der Waals surface area contributed by atoms with Crippen LogP contribution >= 0.6 is 11.3 Å². The number of carbonyl (C=O) groups excluding carboxylic acids is 2. The molecule has 10 heteroatoms. The molecule has 0 spiro atoms. The minimum Gasteiger partial charge on any atom is -0.497 e. The highest BCUT2D eigenvalue weighted by atomic mass is 32.2. The summed E-state index contributed by atoms with van der Waals surface area (Å²) < 4.78 is 34.5. The minimum absolute atomic E-state index is 0.0537. The van der Waals surface area contributed by atoms with Crippen LogP contribution in [-0.2, 0) is 19.4 Å². The molecular weight excluding hydrogens is 452 g/mol. The summed E-state index contributed by atoms with van der Waals surface area (Å²) in [5.74, 6) is -0.290. The Hall–Kier alpha value is -3.24. The largest absolute Gasteiger partial charge is 0.497 e. The molecule has 1 N–H and O–H groups in total. The van der Waals surface area contributed by atoms with E-state index in [1.807, 2.05) is 0 Å². The van der Waals surface area contributed by atoms with Crippen LogP contribution in [0, 0.1) is 0 Å². The number of hydrogen-bond donors (Lipinski definition) is 1. The van der Waals surface area contributed by atoms with E-state index < -0.39 is 15.8 Å². The Morgan fingerprint density at radius 1 is 1.03 bits per heavy atom. The van der Waals surface area contributed by atoms with Crippen molar-refractivity contribution >= 4 is 38.2 Å². The third-order valence-electron chi connectivity index (χ3n) is 4.59. The molecule has 0 saturated carbocycles. The first kappa shape index (κ1) is 23.4. The van der Waals surface area contributed by atoms with Gasteiger partial charge in [-0.05, 0) is 42.8 Å². The first-order chi connectivity index (χ1) is 15.3. The van der Waals surface area contributed by atoms with Gasteiger partial charge in [-0.3, -0.25) is 4.79 Å². The highest BCUT2D eigenvalue weighted by Crippen LogP contribution is 2.25. The summed E-state index contributed by atoms with van der Waals surface area (Å²) in [6.07, 6.45) is 0.242. The molecule has 0 fully saturated rings. The molecule has 0 saturated heterocycles. The van der Waals surface area contributed by atoms with Gasteiger partial charge in [-0.1, -0.05) is 12.1 Å². The zero-order chi connectivity index (χ0) is 23.1. The first-order valence-electron chi connectivity index (χ1n) is 9.63. The molecule has 0 aliphatic rings. The van der Waals surface area contributed by atoms with Crippen LogP contribution < -0.4 is 10.1 Å². The fourth-order valence-electron chi connectivity index (χ4n) is 2.86. The molecule has 32 heavy (non-hydrogen) atoms. The van der Waals surface area contributed by atoms with Gasteiger partial charge in [0, 0.05) is 17.4 Å². The van der Waals surface area contributed by atoms with Gasteiger partial charge in [0.25, 0.3) is 0 Å². The molecule has 0 radical (unpaired) electrons. The molecule has 1 aromatic heterocycles. The standard InChI is InChI=1S/C22H22N2O6S2/c1-29-17-9-11-18(12-10-17)32(27,28)13-3-4-20(25)24-22-23-19(14-31-22)15-5-7-16(8-6-15)21(26)30-2/h5-12,14H,3-4,13H2,1-2H3,(H,23,24,25). The number of nitrogens with one attached hydrogen (secondary N) is 1. The van der Waals surface area contributed by atoms with Crippen molar-refractivity contribution in [2.24, 2.45) is 0 Å². The lowest BCUT2D eigenvalue weighted by Gasteiger charge is -2.06. The third-order valence-corrected chi connectivity index (χ3v) is 7.16. The Morgan fingerprint density at radius 3 is 2.34 bits per heavy atom. The molecular formula is C22H22N2O6S2. The van der Waals surface area contributed by atoms with Crippen molar-refractivity contribution in [3.63, 3.8) is 0 Å². The molecule has 0 bridgehead atoms. The second-order valence-corrected chi connectivity index (χ2v) is 9.72. The van der Waals surface area contributed by atoms with Crippen LogP contribution in [0.2, 0.25) is 0 Å². The maximum Gasteiger partial charge on any atom is 0.337 e. The van der Waals surface area contributed by atoms with Gasteiger partial charge < -0.3 is 14.8 Å². The lowest BCUT2D eigenvalue weighted by molar-refractivity contribution is -0.116. The summed E-state index contributed by atoms with van der Waals surface area (Å²) in [5, 5.41) is 4.90. The van der Waals surface area contributed by atoms with Gasteiger partial charge in [0.2, 0.25) is 5.91 Å². The Morgan fingerprint density at radius 2 is 1.72 bits per heavy atom. The predicted octanol–water partition coefficient (Wildman–Crippen LogP) is 3.80. The van der Waals surface area contributed by atoms with E-state index in [0.29, 0.717) is 22.1 Å². The number of thiazole rings is 1. The lowest BCUT2D eigenvalue weighted by Crippen LogP contribution is -2.14. The number of sulfone groups is 1. The lowest BCUT2D eigenvalue weighted by atomic mass is 10.1. The molecule has 2 aromatic carbocycles. The highest BCUT2D eigenvalue weighted by molar-refractivity contribution is 7.91. The average Bonchev–Trinajstić information content (AvgIpc) is 3.26. The fraction of sp³-hybridized carbons (Fsp3) is 0.227. The van der Waals surface area contributed by atoms with Crippen LogP contribution in [0.3, 0.4) is 0 Å². The van der Waals surface area contributed by atoms with Crippen molar-refractivity contribution in [3.8, 4) is 17.0 Å². The van der Waals surface area contributed by atoms with Crippen LogP contribution in [0.25, 0.3) is 11.3 Å². The van der Waals surface area contributed by atoms with Crippen molar-refractivity contribution < 1.29 is 27.5 Å². The summed E-state index contributed by atoms with van der Waals surface area (Å²) in [6, 6.07) is 12.9. The average molecular weight is 475 g/mol. The number of anilines is 1. The van der Waals surface area contributed by atoms with Crippen LogP contribution in [0.5, 0.6) is 5.75 Å². The molecule has 1 heterocycles. The van der Waals surface area contributed by atoms with Crippen LogP contribution in [-0.4, -0.2) is 45.3 Å². The molecule has 3 aromatic rings. The molecule has 0 unspecified atom stereocenters. The molecule has 168 valence electrons. The topological polar surface area (TPSA) is 112 Å². The van der Waals surface area contributed by atoms with Crippen molar-refractivity contribution in [1.29, 1.82) is 0 Å². The van der Waals surface area contributed by atoms with E-state index in [-0.39, 0.29) is 29.4 Å². The Kier molecular flexibility index (Phi) is 7.60. The predicted molar refractivity (Wildman–Crippen MR) is 122 cm³/mol. The zero-order valence-electron chi connectivity index (χ0n) is 17.5. The fourth-order valence-corrected chi connectivity index (χ4v) is 4.91. The number of methoxy groups -OCH3 is 2. The molecule has 8 nitrogen and oxygen atoms in total. The maximum atomic E-state index is 12.4. The number of ether oxygens (including phenoxy) is 2. The number of carbonyl (C=O) groups is 2. The van der Waals surface area contributed by atoms with Crippen LogP contribution in [0.4, 0.5) is 5.13 Å². The normalized spacial score (nSPS) is 11.1. The second kappa shape index (κ2) is 10.4. The van der Waals surface area contributed by atoms with Crippen LogP contribution in [0.1, 0.15) is 23.2 Å². The van der Waals surface area contributed by atoms with E-state index in [1.165, 1.54) is 37.7 Å². The summed E-state index contributed by atoms with van der Waals surface area (Å²) >= 11 is 1.26. The zero-order valence-corrected chi connectivity index (χ0v) is 19.2. The van der Waals surface area contributed by atoms with Crippen molar-refractivity contribution in [1.82, 2.24) is 4.98 Å². The second-order valence-electron chi connectivity index (χ2n) is 6.75. The van der Waals surface area contributed by atoms with E-state index in [2.05, 4.69) is 15.0 Å². The minimum atomic E-state index is -3.48. The van der Waals surface area contributed by atoms with E-state index in [9.17, 15) is 18.0 Å². The van der Waals surface area contributed by atoms with Gasteiger partial charge in [-0.2, -0.15) is 0 Å². The van der Waals surface area contributed by atoms with Crippen molar-refractivity contribution in [2.75, 3.05) is 25.3 Å². The van der Waals surface area contributed by atoms with Crippen molar-refractivity contribution in [3.05, 3.63) is 59.5 Å². The quantitative estimate of drug-likeness (QED) is 0.470. The van der Waals surface area contributed by atoms with E-state index in [1.54, 1.807) is 41.8 Å². The number of aromatic nitrogens is 1. The number of rotatable bonds is 9. The summed E-state index contributed by atoms with van der Waals surface area (Å²) in [7, 11) is -0.651. The van der Waals surface area contributed by atoms with Crippen LogP contribution in [0.15, 0.2) is 58.8 Å². The monoisotopic (exact) mass is 474 g/mol. The number of amides is 1. The van der Waals surface area contributed by atoms with E-state index >= 15 is 0 Å². The van der Waals surface area contributed by atoms with E-state index in [0.717, 1.165) is 5.56 Å². The molecule has 0 atom stereocenters. The van der Waals surface area contributed by atoms with Crippen molar-refractivity contribution in [2.45, 2.75) is 17.7 Å². The van der Waals surface area contributed by atoms with E-state index in [4.69, 9.17) is 4.74 Å². The van der Waals surface area contributed by atoms with Gasteiger partial charge in [-0.15, -0.1) is 11.3 Å². The smallest absolute Gasteiger partial charge is 0.337 e. The Bertz CT molecular complexity index is 1190. The van der Waals surface area contributed by atoms with Gasteiger partial charge in [-0.25, -0.2) is 18.2 Å². The summed E-state index contributed by atoms with van der Waals surface area (Å²) in [6.45, 7) is 0. The van der Waals surface area contributed by atoms with Gasteiger partial charge in [0.05, 0.1) is 36.1 Å². The number of nitrogens with zero attached hydrogens (tertiary/aromatic N) is 1. The summed E-state index contributed by atoms with van der Waals surface area (Å²) in [4.78, 5) is 28.3. The van der Waals surface area contributed by atoms with Gasteiger partial charge >= 0.3 is 5.97 Å². The molecule has 3 rings (SSSR count). The Labute approximate surface area is 190 Å². The number of hydrogen-bond acceptors (Lipinski definition) is 8. The first-order valence-corrected chi connectivity index (χ1v) is 12.2. The number of benzene rings is 2. The van der Waals surface area contributed by atoms with Gasteiger partial charge in [0.1, 0.15) is 5.75 Å². The van der Waals surface area contributed by atoms with Gasteiger partial charge in [0.15, 0.2) is 15.0 Å². The Balaban J connectivity index is 1.52. The third kappa shape index (κ3) is 5.92. The summed E-state index contributed by atoms with van der Waals surface area (Å²) in [5.41, 5.74) is 1.88. The maximum absolute atomic E-state index is 12.4. The number of esters is 1. The molecule has 0 aliphatic carbocycles. The SMILES string of the molecule is COC(=O)c1ccc(-c2csc(NC(=O)CCCS(=O)(=O)c3ccc(OC)cc3)n2)cc1. The molecule has 0 aliphatic heterocycles. The molecule has 1 amide bonds. The highest BCUT2D eigenvalue weighted by Gasteiger charge is 2.16.